The van der Waals surface area contributed by atoms with Crippen LogP contribution in [0.1, 0.15) is 39.1 Å². The molecule has 4 aromatic heterocycles. The van der Waals surface area contributed by atoms with Crippen molar-refractivity contribution in [2.24, 2.45) is 0 Å². The van der Waals surface area contributed by atoms with Gasteiger partial charge in [-0.1, -0.05) is 6.07 Å². The molecule has 1 aliphatic rings. The summed E-state index contributed by atoms with van der Waals surface area (Å²) in [4.78, 5) is 34.6. The zero-order valence-electron chi connectivity index (χ0n) is 19.1. The molecule has 0 spiro atoms. The fourth-order valence-electron chi connectivity index (χ4n) is 3.86. The van der Waals surface area contributed by atoms with E-state index >= 15 is 0 Å². The lowest BCUT2D eigenvalue weighted by atomic mass is 9.97. The van der Waals surface area contributed by atoms with E-state index in [0.717, 1.165) is 51.7 Å². The van der Waals surface area contributed by atoms with Gasteiger partial charge in [-0.2, -0.15) is 18.3 Å². The highest BCUT2D eigenvalue weighted by Crippen LogP contribution is 2.28. The average Bonchev–Trinajstić information content (AvgIpc) is 3.50. The number of rotatable bonds is 3. The van der Waals surface area contributed by atoms with Crippen LogP contribution in [0.3, 0.4) is 0 Å². The lowest BCUT2D eigenvalue weighted by molar-refractivity contribution is -0.192. The highest BCUT2D eigenvalue weighted by molar-refractivity contribution is 7.13. The Morgan fingerprint density at radius 3 is 2.56 bits per heavy atom. The van der Waals surface area contributed by atoms with Crippen LogP contribution < -0.4 is 0 Å². The molecule has 1 unspecified atom stereocenters. The van der Waals surface area contributed by atoms with Crippen molar-refractivity contribution in [1.29, 1.82) is 0 Å². The number of amides is 1. The SMILES string of the molecule is Cc1ccc(C(=O)N2CCCC(c3nc4ccc(-c5cccnc5)cn4n3)C2)s1.O=C(O)C(F)(F)F. The molecule has 0 bridgehead atoms. The van der Waals surface area contributed by atoms with E-state index in [9.17, 15) is 18.0 Å². The van der Waals surface area contributed by atoms with Gasteiger partial charge in [-0.25, -0.2) is 14.3 Å². The summed E-state index contributed by atoms with van der Waals surface area (Å²) in [6.07, 6.45) is 2.49. The molecule has 1 atom stereocenters. The van der Waals surface area contributed by atoms with Crippen LogP contribution in [0.15, 0.2) is 55.0 Å². The van der Waals surface area contributed by atoms with Gasteiger partial charge in [0.25, 0.3) is 5.91 Å². The molecule has 4 aromatic rings. The summed E-state index contributed by atoms with van der Waals surface area (Å²) < 4.78 is 33.6. The summed E-state index contributed by atoms with van der Waals surface area (Å²) in [5.41, 5.74) is 2.92. The fourth-order valence-corrected chi connectivity index (χ4v) is 4.69. The lowest BCUT2D eigenvalue weighted by Crippen LogP contribution is -2.39. The summed E-state index contributed by atoms with van der Waals surface area (Å²) >= 11 is 1.56. The molecule has 1 amide bonds. The van der Waals surface area contributed by atoms with Gasteiger partial charge in [0, 0.05) is 53.6 Å². The normalized spacial score (nSPS) is 15.9. The fraction of sp³-hybridized carbons (Fsp3) is 0.292. The summed E-state index contributed by atoms with van der Waals surface area (Å²) in [7, 11) is 0. The number of piperidine rings is 1. The van der Waals surface area contributed by atoms with E-state index in [2.05, 4.69) is 4.98 Å². The van der Waals surface area contributed by atoms with Crippen LogP contribution in [-0.4, -0.2) is 60.7 Å². The molecule has 1 fully saturated rings. The minimum atomic E-state index is -5.08. The van der Waals surface area contributed by atoms with Crippen LogP contribution >= 0.6 is 11.3 Å². The predicted molar refractivity (Wildman–Crippen MR) is 127 cm³/mol. The first-order valence-electron chi connectivity index (χ1n) is 11.0. The number of nitrogens with zero attached hydrogens (tertiary/aromatic N) is 5. The van der Waals surface area contributed by atoms with Crippen LogP contribution in [0.25, 0.3) is 16.8 Å². The minimum absolute atomic E-state index is 0.121. The van der Waals surface area contributed by atoms with Crippen molar-refractivity contribution >= 4 is 28.9 Å². The monoisotopic (exact) mass is 517 g/mol. The van der Waals surface area contributed by atoms with E-state index in [1.807, 2.05) is 65.1 Å². The number of halogens is 3. The molecular weight excluding hydrogens is 495 g/mol. The van der Waals surface area contributed by atoms with Gasteiger partial charge in [-0.05, 0) is 50.1 Å². The van der Waals surface area contributed by atoms with E-state index in [4.69, 9.17) is 20.0 Å². The number of aryl methyl sites for hydroxylation is 1. The number of aliphatic carboxylic acids is 1. The number of pyridine rings is 2. The van der Waals surface area contributed by atoms with Gasteiger partial charge in [0.2, 0.25) is 0 Å². The predicted octanol–water partition coefficient (Wildman–Crippen LogP) is 4.81. The second-order valence-electron chi connectivity index (χ2n) is 8.24. The number of alkyl halides is 3. The van der Waals surface area contributed by atoms with Crippen molar-refractivity contribution in [3.63, 3.8) is 0 Å². The molecule has 0 aromatic carbocycles. The summed E-state index contributed by atoms with van der Waals surface area (Å²) in [6.45, 7) is 3.49. The van der Waals surface area contributed by atoms with Gasteiger partial charge in [-0.3, -0.25) is 9.78 Å². The molecule has 0 aliphatic carbocycles. The topological polar surface area (TPSA) is 101 Å². The van der Waals surface area contributed by atoms with Crippen molar-refractivity contribution < 1.29 is 27.9 Å². The average molecular weight is 518 g/mol. The number of hydrogen-bond donors (Lipinski definition) is 1. The quantitative estimate of drug-likeness (QED) is 0.419. The Morgan fingerprint density at radius 1 is 1.14 bits per heavy atom. The number of carbonyl (C=O) groups excluding carboxylic acids is 1. The van der Waals surface area contributed by atoms with Crippen LogP contribution in [0.5, 0.6) is 0 Å². The van der Waals surface area contributed by atoms with Crippen molar-refractivity contribution in [1.82, 2.24) is 24.5 Å². The minimum Gasteiger partial charge on any atom is -0.475 e. The number of likely N-dealkylation sites (tertiary alicyclic amines) is 1. The zero-order valence-corrected chi connectivity index (χ0v) is 20.0. The highest BCUT2D eigenvalue weighted by Gasteiger charge is 2.38. The molecule has 1 N–H and O–H groups in total. The third-order valence-corrected chi connectivity index (χ3v) is 6.60. The van der Waals surface area contributed by atoms with Crippen LogP contribution in [-0.2, 0) is 4.79 Å². The van der Waals surface area contributed by atoms with Crippen molar-refractivity contribution in [2.75, 3.05) is 13.1 Å². The number of fused-ring (bicyclic) bond motifs is 1. The number of carbonyl (C=O) groups is 2. The smallest absolute Gasteiger partial charge is 0.475 e. The van der Waals surface area contributed by atoms with E-state index in [-0.39, 0.29) is 11.8 Å². The zero-order chi connectivity index (χ0) is 25.9. The van der Waals surface area contributed by atoms with Crippen molar-refractivity contribution in [3.8, 4) is 11.1 Å². The molecule has 8 nitrogen and oxygen atoms in total. The molecule has 5 rings (SSSR count). The Kier molecular flexibility index (Phi) is 7.34. The van der Waals surface area contributed by atoms with E-state index in [0.29, 0.717) is 6.54 Å². The summed E-state index contributed by atoms with van der Waals surface area (Å²) in [6, 6.07) is 11.9. The Bertz CT molecular complexity index is 1370. The van der Waals surface area contributed by atoms with Gasteiger partial charge < -0.3 is 10.0 Å². The van der Waals surface area contributed by atoms with Crippen molar-refractivity contribution in [3.05, 3.63) is 70.6 Å². The molecule has 0 saturated carbocycles. The number of aromatic nitrogens is 4. The molecule has 12 heteroatoms. The van der Waals surface area contributed by atoms with Gasteiger partial charge >= 0.3 is 12.1 Å². The highest BCUT2D eigenvalue weighted by atomic mass is 32.1. The van der Waals surface area contributed by atoms with Crippen LogP contribution in [0.2, 0.25) is 0 Å². The Labute approximate surface area is 208 Å². The van der Waals surface area contributed by atoms with Gasteiger partial charge in [-0.15, -0.1) is 11.3 Å². The molecular formula is C24H22F3N5O3S. The molecule has 36 heavy (non-hydrogen) atoms. The maximum absolute atomic E-state index is 12.8. The van der Waals surface area contributed by atoms with Gasteiger partial charge in [0.05, 0.1) is 4.88 Å². The van der Waals surface area contributed by atoms with E-state index in [1.165, 1.54) is 0 Å². The first kappa shape index (κ1) is 25.3. The van der Waals surface area contributed by atoms with Gasteiger partial charge in [0.1, 0.15) is 0 Å². The second kappa shape index (κ2) is 10.4. The Balaban J connectivity index is 0.000000384. The molecule has 5 heterocycles. The lowest BCUT2D eigenvalue weighted by Gasteiger charge is -2.31. The first-order chi connectivity index (χ1) is 17.1. The number of carboxylic acid groups (broad SMARTS) is 1. The molecule has 1 aliphatic heterocycles. The Hall–Kier alpha value is -3.80. The standard InChI is InChI=1S/C22H21N5OS.C2HF3O2/c1-15-6-8-19(29-15)22(28)26-11-3-5-18(13-26)21-24-20-9-7-17(14-27(20)25-21)16-4-2-10-23-12-16;3-2(4,5)1(6)7/h2,4,6-10,12,14,18H,3,5,11,13H2,1H3;(H,6,7). The maximum Gasteiger partial charge on any atom is 0.490 e. The van der Waals surface area contributed by atoms with Gasteiger partial charge in [0.15, 0.2) is 11.5 Å². The third-order valence-electron chi connectivity index (χ3n) is 5.61. The van der Waals surface area contributed by atoms with Crippen molar-refractivity contribution in [2.45, 2.75) is 31.9 Å². The van der Waals surface area contributed by atoms with E-state index in [1.54, 1.807) is 17.5 Å². The number of thiophene rings is 1. The Morgan fingerprint density at radius 2 is 1.92 bits per heavy atom. The summed E-state index contributed by atoms with van der Waals surface area (Å²) in [5, 5.41) is 11.9. The number of hydrogen-bond acceptors (Lipinski definition) is 6. The molecule has 1 saturated heterocycles. The first-order valence-corrected chi connectivity index (χ1v) is 11.9. The maximum atomic E-state index is 12.8. The van der Waals surface area contributed by atoms with E-state index < -0.39 is 12.1 Å². The largest absolute Gasteiger partial charge is 0.490 e. The van der Waals surface area contributed by atoms with Crippen LogP contribution in [0, 0.1) is 6.92 Å². The molecule has 188 valence electrons. The number of carboxylic acids is 1. The second-order valence-corrected chi connectivity index (χ2v) is 9.52. The third kappa shape index (κ3) is 5.88. The summed E-state index contributed by atoms with van der Waals surface area (Å²) in [5.74, 6) is -1.66. The van der Waals surface area contributed by atoms with Crippen LogP contribution in [0.4, 0.5) is 13.2 Å². The molecule has 0 radical (unpaired) electrons.